The van der Waals surface area contributed by atoms with Gasteiger partial charge in [-0.2, -0.15) is 0 Å². The summed E-state index contributed by atoms with van der Waals surface area (Å²) in [7, 11) is 0.902. The standard InChI is InChI=1S/C13H30OSi/c1-4-7-10-12(11-8-5-2)13(14-15)9-6-3/h12-13H,4-11H2,1-3,15H3. The van der Waals surface area contributed by atoms with E-state index in [0.717, 1.165) is 16.4 Å². The Labute approximate surface area is 99.5 Å². The predicted molar refractivity (Wildman–Crippen MR) is 72.3 cm³/mol. The van der Waals surface area contributed by atoms with Crippen molar-refractivity contribution in [2.75, 3.05) is 0 Å². The van der Waals surface area contributed by atoms with Crippen LogP contribution in [0.15, 0.2) is 0 Å². The van der Waals surface area contributed by atoms with E-state index >= 15 is 0 Å². The lowest BCUT2D eigenvalue weighted by Gasteiger charge is -2.26. The molecule has 0 radical (unpaired) electrons. The first kappa shape index (κ1) is 15.2. The quantitative estimate of drug-likeness (QED) is 0.522. The molecular formula is C13H30OSi. The molecule has 1 unspecified atom stereocenters. The maximum Gasteiger partial charge on any atom is 0.146 e. The van der Waals surface area contributed by atoms with E-state index in [2.05, 4.69) is 20.8 Å². The third kappa shape index (κ3) is 7.12. The molecule has 0 aliphatic rings. The van der Waals surface area contributed by atoms with Crippen molar-refractivity contribution in [1.29, 1.82) is 0 Å². The van der Waals surface area contributed by atoms with Crippen molar-refractivity contribution in [3.8, 4) is 0 Å². The van der Waals surface area contributed by atoms with Gasteiger partial charge in [0.25, 0.3) is 0 Å². The van der Waals surface area contributed by atoms with Gasteiger partial charge < -0.3 is 4.43 Å². The Hall–Kier alpha value is 0.177. The molecule has 0 amide bonds. The summed E-state index contributed by atoms with van der Waals surface area (Å²) in [6.45, 7) is 6.84. The molecule has 0 saturated heterocycles. The van der Waals surface area contributed by atoms with Crippen LogP contribution in [0.25, 0.3) is 0 Å². The summed E-state index contributed by atoms with van der Waals surface area (Å²) < 4.78 is 5.79. The molecule has 92 valence electrons. The van der Waals surface area contributed by atoms with Crippen molar-refractivity contribution in [3.05, 3.63) is 0 Å². The van der Waals surface area contributed by atoms with Crippen LogP contribution in [0.4, 0.5) is 0 Å². The van der Waals surface area contributed by atoms with E-state index in [1.807, 2.05) is 0 Å². The van der Waals surface area contributed by atoms with E-state index in [4.69, 9.17) is 4.43 Å². The summed E-state index contributed by atoms with van der Waals surface area (Å²) in [5.41, 5.74) is 0. The normalized spacial score (nSPS) is 13.6. The van der Waals surface area contributed by atoms with Gasteiger partial charge in [0.05, 0.1) is 0 Å². The van der Waals surface area contributed by atoms with Crippen LogP contribution < -0.4 is 0 Å². The molecule has 0 bridgehead atoms. The first-order chi connectivity index (χ1) is 7.29. The molecule has 15 heavy (non-hydrogen) atoms. The van der Waals surface area contributed by atoms with Gasteiger partial charge in [-0.15, -0.1) is 0 Å². The van der Waals surface area contributed by atoms with Gasteiger partial charge in [-0.1, -0.05) is 52.9 Å². The zero-order valence-electron chi connectivity index (χ0n) is 11.2. The topological polar surface area (TPSA) is 9.23 Å². The Morgan fingerprint density at radius 1 is 0.867 bits per heavy atom. The average Bonchev–Trinajstić information content (AvgIpc) is 2.27. The zero-order chi connectivity index (χ0) is 11.5. The molecule has 2 heteroatoms. The van der Waals surface area contributed by atoms with E-state index in [1.165, 1.54) is 51.4 Å². The largest absolute Gasteiger partial charge is 0.425 e. The molecule has 0 fully saturated rings. The van der Waals surface area contributed by atoms with Gasteiger partial charge in [-0.05, 0) is 25.2 Å². The summed E-state index contributed by atoms with van der Waals surface area (Å²) in [4.78, 5) is 0. The van der Waals surface area contributed by atoms with Crippen molar-refractivity contribution < 1.29 is 4.43 Å². The maximum atomic E-state index is 5.79. The second-order valence-electron chi connectivity index (χ2n) is 4.61. The number of hydrogen-bond donors (Lipinski definition) is 0. The Bertz CT molecular complexity index is 120. The third-order valence-corrected chi connectivity index (χ3v) is 3.86. The van der Waals surface area contributed by atoms with Gasteiger partial charge in [-0.3, -0.25) is 0 Å². The van der Waals surface area contributed by atoms with Crippen LogP contribution in [0.5, 0.6) is 0 Å². The fraction of sp³-hybridized carbons (Fsp3) is 1.00. The van der Waals surface area contributed by atoms with E-state index in [1.54, 1.807) is 0 Å². The molecule has 0 aliphatic carbocycles. The van der Waals surface area contributed by atoms with Crippen molar-refractivity contribution in [3.63, 3.8) is 0 Å². The van der Waals surface area contributed by atoms with Gasteiger partial charge in [0, 0.05) is 6.10 Å². The molecule has 1 nitrogen and oxygen atoms in total. The molecule has 0 aliphatic heterocycles. The van der Waals surface area contributed by atoms with Crippen LogP contribution in [-0.4, -0.2) is 16.6 Å². The lowest BCUT2D eigenvalue weighted by molar-refractivity contribution is 0.120. The minimum Gasteiger partial charge on any atom is -0.425 e. The van der Waals surface area contributed by atoms with Gasteiger partial charge >= 0.3 is 0 Å². The minimum absolute atomic E-state index is 0.569. The van der Waals surface area contributed by atoms with Crippen molar-refractivity contribution in [2.24, 2.45) is 5.92 Å². The SMILES string of the molecule is CCCCC(CCCC)C(CCC)O[SiH3]. The van der Waals surface area contributed by atoms with E-state index in [0.29, 0.717) is 6.10 Å². The van der Waals surface area contributed by atoms with E-state index in [-0.39, 0.29) is 0 Å². The molecule has 0 aromatic carbocycles. The second-order valence-corrected chi connectivity index (χ2v) is 5.08. The highest BCUT2D eigenvalue weighted by Gasteiger charge is 2.18. The minimum atomic E-state index is 0.569. The highest BCUT2D eigenvalue weighted by Crippen LogP contribution is 2.24. The average molecular weight is 230 g/mol. The summed E-state index contributed by atoms with van der Waals surface area (Å²) in [5.74, 6) is 0.836. The van der Waals surface area contributed by atoms with E-state index < -0.39 is 0 Å². The fourth-order valence-corrected chi connectivity index (χ4v) is 2.90. The van der Waals surface area contributed by atoms with Crippen molar-refractivity contribution in [1.82, 2.24) is 0 Å². The van der Waals surface area contributed by atoms with Gasteiger partial charge in [-0.25, -0.2) is 0 Å². The molecule has 0 rings (SSSR count). The summed E-state index contributed by atoms with van der Waals surface area (Å²) in [5, 5.41) is 0. The molecular weight excluding hydrogens is 200 g/mol. The molecule has 0 aromatic rings. The van der Waals surface area contributed by atoms with Crippen LogP contribution >= 0.6 is 0 Å². The lowest BCUT2D eigenvalue weighted by atomic mass is 9.89. The summed E-state index contributed by atoms with van der Waals surface area (Å²) in [6.07, 6.45) is 11.3. The van der Waals surface area contributed by atoms with Gasteiger partial charge in [0.15, 0.2) is 0 Å². The van der Waals surface area contributed by atoms with Crippen molar-refractivity contribution in [2.45, 2.75) is 78.2 Å². The van der Waals surface area contributed by atoms with Crippen molar-refractivity contribution >= 4 is 10.5 Å². The molecule has 1 atom stereocenters. The van der Waals surface area contributed by atoms with Gasteiger partial charge in [0.1, 0.15) is 10.5 Å². The van der Waals surface area contributed by atoms with E-state index in [9.17, 15) is 0 Å². The van der Waals surface area contributed by atoms with Crippen LogP contribution in [0, 0.1) is 5.92 Å². The maximum absolute atomic E-state index is 5.79. The monoisotopic (exact) mass is 230 g/mol. The number of unbranched alkanes of at least 4 members (excludes halogenated alkanes) is 2. The Balaban J connectivity index is 4.02. The second kappa shape index (κ2) is 10.7. The van der Waals surface area contributed by atoms with Gasteiger partial charge in [0.2, 0.25) is 0 Å². The summed E-state index contributed by atoms with van der Waals surface area (Å²) >= 11 is 0. The number of rotatable bonds is 10. The Morgan fingerprint density at radius 3 is 1.73 bits per heavy atom. The molecule has 0 heterocycles. The first-order valence-electron chi connectivity index (χ1n) is 6.82. The molecule has 0 aromatic heterocycles. The summed E-state index contributed by atoms with van der Waals surface area (Å²) in [6, 6.07) is 0. The Morgan fingerprint density at radius 2 is 1.40 bits per heavy atom. The smallest absolute Gasteiger partial charge is 0.146 e. The first-order valence-corrected chi connectivity index (χ1v) is 7.64. The highest BCUT2D eigenvalue weighted by molar-refractivity contribution is 5.98. The predicted octanol–water partition coefficient (Wildman–Crippen LogP) is 3.45. The highest BCUT2D eigenvalue weighted by atomic mass is 28.2. The molecule has 0 N–H and O–H groups in total. The molecule has 0 saturated carbocycles. The fourth-order valence-electron chi connectivity index (χ4n) is 2.28. The van der Waals surface area contributed by atoms with Crippen LogP contribution in [0.3, 0.4) is 0 Å². The van der Waals surface area contributed by atoms with Crippen LogP contribution in [0.1, 0.15) is 72.1 Å². The zero-order valence-corrected chi connectivity index (χ0v) is 13.2. The third-order valence-electron chi connectivity index (χ3n) is 3.26. The lowest BCUT2D eigenvalue weighted by Crippen LogP contribution is -2.23. The Kier molecular flexibility index (Phi) is 10.8. The van der Waals surface area contributed by atoms with Crippen LogP contribution in [-0.2, 0) is 4.43 Å². The number of hydrogen-bond acceptors (Lipinski definition) is 1. The van der Waals surface area contributed by atoms with Crippen LogP contribution in [0.2, 0.25) is 0 Å². The molecule has 0 spiro atoms.